The van der Waals surface area contributed by atoms with Gasteiger partial charge in [-0.2, -0.15) is 0 Å². The monoisotopic (exact) mass is 385 g/mol. The minimum atomic E-state index is 0.535. The molecule has 26 heavy (non-hydrogen) atoms. The predicted octanol–water partition coefficient (Wildman–Crippen LogP) is 5.04. The van der Waals surface area contributed by atoms with E-state index >= 15 is 0 Å². The molecule has 0 unspecified atom stereocenters. The molecule has 3 aromatic heterocycles. The van der Waals surface area contributed by atoms with E-state index in [4.69, 9.17) is 9.97 Å². The Hall–Kier alpha value is -1.47. The summed E-state index contributed by atoms with van der Waals surface area (Å²) in [5.74, 6) is 1.87. The third kappa shape index (κ3) is 2.76. The van der Waals surface area contributed by atoms with E-state index in [9.17, 15) is 0 Å². The molecule has 5 rings (SSSR count). The van der Waals surface area contributed by atoms with Crippen molar-refractivity contribution < 1.29 is 0 Å². The molecule has 0 radical (unpaired) electrons. The zero-order valence-corrected chi connectivity index (χ0v) is 16.9. The Morgan fingerprint density at radius 1 is 1.00 bits per heavy atom. The van der Waals surface area contributed by atoms with Crippen LogP contribution in [0.2, 0.25) is 0 Å². The lowest BCUT2D eigenvalue weighted by atomic mass is 9.95. The topological polar surface area (TPSA) is 56.5 Å². The third-order valence-corrected chi connectivity index (χ3v) is 7.74. The molecular formula is C19H23N5S2. The van der Waals surface area contributed by atoms with Crippen molar-refractivity contribution in [2.75, 3.05) is 0 Å². The number of hydrogen-bond donors (Lipinski definition) is 0. The fourth-order valence-corrected chi connectivity index (χ4v) is 6.91. The molecule has 0 atom stereocenters. The number of fused-ring (bicyclic) bond motifs is 3. The van der Waals surface area contributed by atoms with E-state index in [1.54, 1.807) is 11.8 Å². The summed E-state index contributed by atoms with van der Waals surface area (Å²) in [4.78, 5) is 12.2. The lowest BCUT2D eigenvalue weighted by Crippen LogP contribution is -2.15. The fourth-order valence-electron chi connectivity index (χ4n) is 4.40. The van der Waals surface area contributed by atoms with Crippen LogP contribution in [0.3, 0.4) is 0 Å². The first-order valence-corrected chi connectivity index (χ1v) is 11.2. The van der Waals surface area contributed by atoms with Crippen LogP contribution in [0, 0.1) is 13.8 Å². The third-order valence-electron chi connectivity index (χ3n) is 5.61. The molecule has 0 spiro atoms. The molecule has 3 aromatic rings. The maximum atomic E-state index is 4.82. The van der Waals surface area contributed by atoms with Crippen LogP contribution in [0.5, 0.6) is 0 Å². The van der Waals surface area contributed by atoms with Gasteiger partial charge >= 0.3 is 0 Å². The highest BCUT2D eigenvalue weighted by Crippen LogP contribution is 2.42. The lowest BCUT2D eigenvalue weighted by Gasteiger charge is -2.24. The molecule has 0 N–H and O–H groups in total. The van der Waals surface area contributed by atoms with E-state index in [0.717, 1.165) is 33.1 Å². The molecule has 7 heteroatoms. The van der Waals surface area contributed by atoms with Gasteiger partial charge in [0.05, 0.1) is 0 Å². The van der Waals surface area contributed by atoms with Crippen molar-refractivity contribution in [2.45, 2.75) is 81.4 Å². The molecule has 5 nitrogen and oxygen atoms in total. The average molecular weight is 386 g/mol. The largest absolute Gasteiger partial charge is 0.303 e. The van der Waals surface area contributed by atoms with Gasteiger partial charge in [-0.15, -0.1) is 21.5 Å². The predicted molar refractivity (Wildman–Crippen MR) is 105 cm³/mol. The number of nitrogens with zero attached hydrogens (tertiary/aromatic N) is 5. The van der Waals surface area contributed by atoms with Gasteiger partial charge in [0, 0.05) is 16.3 Å². The van der Waals surface area contributed by atoms with Crippen LogP contribution in [0.25, 0.3) is 10.2 Å². The number of aryl methyl sites for hydroxylation is 4. The second-order valence-electron chi connectivity index (χ2n) is 7.41. The van der Waals surface area contributed by atoms with E-state index in [1.165, 1.54) is 60.8 Å². The minimum Gasteiger partial charge on any atom is -0.303 e. The van der Waals surface area contributed by atoms with Gasteiger partial charge in [-0.05, 0) is 63.3 Å². The van der Waals surface area contributed by atoms with Crippen molar-refractivity contribution in [3.63, 3.8) is 0 Å². The van der Waals surface area contributed by atoms with Gasteiger partial charge in [-0.3, -0.25) is 0 Å². The van der Waals surface area contributed by atoms with Gasteiger partial charge in [0.25, 0.3) is 0 Å². The summed E-state index contributed by atoms with van der Waals surface area (Å²) in [6, 6.07) is 0.535. The van der Waals surface area contributed by atoms with E-state index in [1.807, 2.05) is 18.3 Å². The highest BCUT2D eigenvalue weighted by Gasteiger charge is 2.25. The summed E-state index contributed by atoms with van der Waals surface area (Å²) in [5.41, 5.74) is 1.48. The van der Waals surface area contributed by atoms with E-state index in [-0.39, 0.29) is 0 Å². The SMILES string of the molecule is Cc1nc(Sc2nnc(C)n2C2CCCCC2)c2c3c(sc2n1)CCC3. The van der Waals surface area contributed by atoms with Crippen LogP contribution in [0.15, 0.2) is 10.2 Å². The zero-order valence-electron chi connectivity index (χ0n) is 15.3. The second kappa shape index (κ2) is 6.60. The van der Waals surface area contributed by atoms with E-state index < -0.39 is 0 Å². The van der Waals surface area contributed by atoms with Crippen molar-refractivity contribution in [1.29, 1.82) is 0 Å². The minimum absolute atomic E-state index is 0.535. The second-order valence-corrected chi connectivity index (χ2v) is 9.45. The normalized spacial score (nSPS) is 17.9. The average Bonchev–Trinajstić information content (AvgIpc) is 3.30. The van der Waals surface area contributed by atoms with Crippen molar-refractivity contribution in [3.8, 4) is 0 Å². The van der Waals surface area contributed by atoms with Crippen LogP contribution in [0.1, 0.15) is 66.7 Å². The Balaban J connectivity index is 1.58. The van der Waals surface area contributed by atoms with Crippen molar-refractivity contribution in [2.24, 2.45) is 0 Å². The van der Waals surface area contributed by atoms with Crippen LogP contribution in [0.4, 0.5) is 0 Å². The van der Waals surface area contributed by atoms with Crippen molar-refractivity contribution >= 4 is 33.3 Å². The highest BCUT2D eigenvalue weighted by molar-refractivity contribution is 7.99. The standard InChI is InChI=1S/C19H23N5S2/c1-11-20-17-16(14-9-6-10-15(14)25-17)18(21-11)26-19-23-22-12(2)24(19)13-7-4-3-5-8-13/h13H,3-10H2,1-2H3. The number of aromatic nitrogens is 5. The molecule has 1 saturated carbocycles. The summed E-state index contributed by atoms with van der Waals surface area (Å²) in [5, 5.41) is 12.3. The Labute approximate surface area is 161 Å². The van der Waals surface area contributed by atoms with E-state index in [2.05, 4.69) is 21.7 Å². The first-order chi connectivity index (χ1) is 12.7. The van der Waals surface area contributed by atoms with Gasteiger partial charge in [0.15, 0.2) is 5.16 Å². The molecule has 2 aliphatic rings. The zero-order chi connectivity index (χ0) is 17.7. The van der Waals surface area contributed by atoms with Gasteiger partial charge in [-0.25, -0.2) is 9.97 Å². The summed E-state index contributed by atoms with van der Waals surface area (Å²) in [6.45, 7) is 4.07. The molecule has 3 heterocycles. The van der Waals surface area contributed by atoms with Crippen LogP contribution in [-0.2, 0) is 12.8 Å². The molecular weight excluding hydrogens is 362 g/mol. The van der Waals surface area contributed by atoms with Crippen LogP contribution >= 0.6 is 23.1 Å². The van der Waals surface area contributed by atoms with Gasteiger partial charge < -0.3 is 4.57 Å². The maximum Gasteiger partial charge on any atom is 0.197 e. The molecule has 2 aliphatic carbocycles. The molecule has 0 aromatic carbocycles. The molecule has 0 amide bonds. The van der Waals surface area contributed by atoms with E-state index in [0.29, 0.717) is 6.04 Å². The number of thiophene rings is 1. The molecule has 0 bridgehead atoms. The van der Waals surface area contributed by atoms with Crippen molar-refractivity contribution in [1.82, 2.24) is 24.7 Å². The van der Waals surface area contributed by atoms with Gasteiger partial charge in [-0.1, -0.05) is 19.3 Å². The molecule has 0 saturated heterocycles. The van der Waals surface area contributed by atoms with Crippen molar-refractivity contribution in [3.05, 3.63) is 22.1 Å². The quantitative estimate of drug-likeness (QED) is 0.591. The summed E-state index contributed by atoms with van der Waals surface area (Å²) >= 11 is 3.54. The Morgan fingerprint density at radius 3 is 2.69 bits per heavy atom. The first-order valence-electron chi connectivity index (χ1n) is 9.59. The molecule has 0 aliphatic heterocycles. The summed E-state index contributed by atoms with van der Waals surface area (Å²) < 4.78 is 2.36. The smallest absolute Gasteiger partial charge is 0.197 e. The Morgan fingerprint density at radius 2 is 1.85 bits per heavy atom. The molecule has 1 fully saturated rings. The highest BCUT2D eigenvalue weighted by atomic mass is 32.2. The lowest BCUT2D eigenvalue weighted by molar-refractivity contribution is 0.332. The fraction of sp³-hybridized carbons (Fsp3) is 0.579. The first kappa shape index (κ1) is 16.7. The summed E-state index contributed by atoms with van der Waals surface area (Å²) in [6.07, 6.45) is 10.0. The van der Waals surface area contributed by atoms with Crippen LogP contribution < -0.4 is 0 Å². The molecule has 136 valence electrons. The van der Waals surface area contributed by atoms with Crippen LogP contribution in [-0.4, -0.2) is 24.7 Å². The number of hydrogen-bond acceptors (Lipinski definition) is 6. The van der Waals surface area contributed by atoms with Gasteiger partial charge in [0.1, 0.15) is 21.5 Å². The summed E-state index contributed by atoms with van der Waals surface area (Å²) in [7, 11) is 0. The Bertz CT molecular complexity index is 968. The maximum absolute atomic E-state index is 4.82. The Kier molecular flexibility index (Phi) is 4.24. The van der Waals surface area contributed by atoms with Gasteiger partial charge in [0.2, 0.25) is 0 Å². The number of rotatable bonds is 3.